The second kappa shape index (κ2) is 7.64. The van der Waals surface area contributed by atoms with Gasteiger partial charge in [-0.1, -0.05) is 99.1 Å². The molecule has 2 aliphatic carbocycles. The molecule has 0 heterocycles. The molecule has 4 rings (SSSR count). The Hall–Kier alpha value is -1.86. The van der Waals surface area contributed by atoms with E-state index in [2.05, 4.69) is 80.3 Å². The van der Waals surface area contributed by atoms with Gasteiger partial charge in [0.05, 0.1) is 8.07 Å². The SMILES string of the molecule is C[Si](C)(C)c1ccc(-c2cccc3c2=CC(=CC2CCCCCC2)C=3)cc1. The Morgan fingerprint density at radius 3 is 2.19 bits per heavy atom. The van der Waals surface area contributed by atoms with E-state index < -0.39 is 8.07 Å². The molecule has 0 radical (unpaired) electrons. The van der Waals surface area contributed by atoms with Crippen molar-refractivity contribution in [3.05, 3.63) is 64.6 Å². The smallest absolute Gasteiger partial charge is 0.0741 e. The molecule has 0 spiro atoms. The maximum atomic E-state index is 2.55. The molecule has 0 N–H and O–H groups in total. The van der Waals surface area contributed by atoms with E-state index in [9.17, 15) is 0 Å². The maximum Gasteiger partial charge on any atom is 0.0775 e. The summed E-state index contributed by atoms with van der Waals surface area (Å²) in [7, 11) is -1.24. The van der Waals surface area contributed by atoms with E-state index in [0.29, 0.717) is 0 Å². The van der Waals surface area contributed by atoms with Crippen molar-refractivity contribution in [1.82, 2.24) is 0 Å². The Morgan fingerprint density at radius 2 is 1.52 bits per heavy atom. The molecule has 1 saturated carbocycles. The lowest BCUT2D eigenvalue weighted by atomic mass is 9.97. The van der Waals surface area contributed by atoms with E-state index in [1.54, 1.807) is 0 Å². The molecule has 2 aliphatic rings. The Bertz CT molecular complexity index is 947. The van der Waals surface area contributed by atoms with Crippen molar-refractivity contribution >= 4 is 25.4 Å². The average molecular weight is 373 g/mol. The van der Waals surface area contributed by atoms with Gasteiger partial charge in [0.2, 0.25) is 0 Å². The molecule has 0 atom stereocenters. The zero-order valence-electron chi connectivity index (χ0n) is 17.1. The van der Waals surface area contributed by atoms with Crippen LogP contribution in [0, 0.1) is 5.92 Å². The third-order valence-electron chi connectivity index (χ3n) is 6.16. The van der Waals surface area contributed by atoms with Gasteiger partial charge in [0.25, 0.3) is 0 Å². The van der Waals surface area contributed by atoms with Crippen LogP contribution < -0.4 is 15.6 Å². The first-order chi connectivity index (χ1) is 13.0. The lowest BCUT2D eigenvalue weighted by Crippen LogP contribution is -2.37. The highest BCUT2D eigenvalue weighted by molar-refractivity contribution is 6.88. The van der Waals surface area contributed by atoms with Gasteiger partial charge in [-0.05, 0) is 58.0 Å². The third kappa shape index (κ3) is 4.19. The second-order valence-corrected chi connectivity index (χ2v) is 14.4. The van der Waals surface area contributed by atoms with Gasteiger partial charge in [0.1, 0.15) is 0 Å². The molecule has 0 amide bonds. The Morgan fingerprint density at radius 1 is 0.815 bits per heavy atom. The van der Waals surface area contributed by atoms with Gasteiger partial charge in [-0.25, -0.2) is 0 Å². The standard InChI is InChI=1S/C26H32Si/c1-27(2,3)24-15-13-22(14-16-24)25-12-8-11-23-18-21(19-26(23)25)17-20-9-6-4-5-7-10-20/h8,11-20H,4-7,9-10H2,1-3H3. The number of fused-ring (bicyclic) bond motifs is 1. The second-order valence-electron chi connectivity index (χ2n) is 9.34. The van der Waals surface area contributed by atoms with Crippen LogP contribution in [0.15, 0.2) is 54.1 Å². The Balaban J connectivity index is 1.68. The Kier molecular flexibility index (Phi) is 5.23. The van der Waals surface area contributed by atoms with Crippen molar-refractivity contribution in [2.24, 2.45) is 5.92 Å². The van der Waals surface area contributed by atoms with Crippen LogP contribution in [-0.2, 0) is 0 Å². The molecular weight excluding hydrogens is 340 g/mol. The first-order valence-electron chi connectivity index (χ1n) is 10.7. The molecule has 2 aromatic rings. The zero-order valence-corrected chi connectivity index (χ0v) is 18.1. The van der Waals surface area contributed by atoms with Gasteiger partial charge in [-0.2, -0.15) is 0 Å². The summed E-state index contributed by atoms with van der Waals surface area (Å²) in [5.41, 5.74) is 4.13. The molecule has 0 saturated heterocycles. The molecule has 0 unspecified atom stereocenters. The predicted octanol–water partition coefficient (Wildman–Crippen LogP) is 5.37. The highest BCUT2D eigenvalue weighted by atomic mass is 28.3. The van der Waals surface area contributed by atoms with Crippen molar-refractivity contribution in [2.75, 3.05) is 0 Å². The monoisotopic (exact) mass is 372 g/mol. The fourth-order valence-electron chi connectivity index (χ4n) is 4.51. The molecule has 0 aliphatic heterocycles. The van der Waals surface area contributed by atoms with Crippen LogP contribution in [0.3, 0.4) is 0 Å². The van der Waals surface area contributed by atoms with E-state index in [4.69, 9.17) is 0 Å². The van der Waals surface area contributed by atoms with Crippen LogP contribution in [0.5, 0.6) is 0 Å². The molecule has 140 valence electrons. The van der Waals surface area contributed by atoms with E-state index in [0.717, 1.165) is 5.92 Å². The summed E-state index contributed by atoms with van der Waals surface area (Å²) in [6.45, 7) is 7.24. The molecule has 0 nitrogen and oxygen atoms in total. The summed E-state index contributed by atoms with van der Waals surface area (Å²) in [6.07, 6.45) is 15.7. The summed E-state index contributed by atoms with van der Waals surface area (Å²) >= 11 is 0. The molecule has 2 aromatic carbocycles. The quantitative estimate of drug-likeness (QED) is 0.502. The highest BCUT2D eigenvalue weighted by Crippen LogP contribution is 2.26. The topological polar surface area (TPSA) is 0 Å². The van der Waals surface area contributed by atoms with Crippen LogP contribution in [0.4, 0.5) is 0 Å². The summed E-state index contributed by atoms with van der Waals surface area (Å²) in [4.78, 5) is 0. The van der Waals surface area contributed by atoms with E-state index >= 15 is 0 Å². The van der Waals surface area contributed by atoms with Crippen LogP contribution in [0.2, 0.25) is 19.6 Å². The van der Waals surface area contributed by atoms with E-state index in [1.807, 2.05) is 0 Å². The summed E-state index contributed by atoms with van der Waals surface area (Å²) < 4.78 is 0. The Labute approximate surface area is 165 Å². The minimum Gasteiger partial charge on any atom is -0.0741 e. The first-order valence-corrected chi connectivity index (χ1v) is 14.2. The van der Waals surface area contributed by atoms with Crippen molar-refractivity contribution in [3.63, 3.8) is 0 Å². The first kappa shape index (κ1) is 18.5. The maximum absolute atomic E-state index is 2.55. The van der Waals surface area contributed by atoms with E-state index in [-0.39, 0.29) is 0 Å². The van der Waals surface area contributed by atoms with Gasteiger partial charge < -0.3 is 0 Å². The normalized spacial score (nSPS) is 19.3. The fourth-order valence-corrected chi connectivity index (χ4v) is 5.67. The lowest BCUT2D eigenvalue weighted by molar-refractivity contribution is 0.558. The minimum absolute atomic E-state index is 0.767. The van der Waals surface area contributed by atoms with Gasteiger partial charge in [0.15, 0.2) is 0 Å². The molecule has 27 heavy (non-hydrogen) atoms. The molecule has 1 fully saturated rings. The third-order valence-corrected chi connectivity index (χ3v) is 8.23. The van der Waals surface area contributed by atoms with Crippen LogP contribution in [-0.4, -0.2) is 8.07 Å². The average Bonchev–Trinajstić information content (AvgIpc) is 2.88. The summed E-state index contributed by atoms with van der Waals surface area (Å²) in [5.74, 6) is 0.767. The number of rotatable bonds is 3. The number of allylic oxidation sites excluding steroid dienone is 2. The summed E-state index contributed by atoms with van der Waals surface area (Å²) in [6, 6.07) is 16.1. The number of hydrogen-bond donors (Lipinski definition) is 0. The number of benzene rings is 2. The van der Waals surface area contributed by atoms with Crippen LogP contribution in [0.1, 0.15) is 38.5 Å². The van der Waals surface area contributed by atoms with Crippen molar-refractivity contribution in [3.8, 4) is 11.1 Å². The molecular formula is C26H32Si. The van der Waals surface area contributed by atoms with Gasteiger partial charge >= 0.3 is 0 Å². The zero-order chi connectivity index (χ0) is 18.9. The van der Waals surface area contributed by atoms with Gasteiger partial charge in [0, 0.05) is 0 Å². The van der Waals surface area contributed by atoms with E-state index in [1.165, 1.54) is 70.8 Å². The lowest BCUT2D eigenvalue weighted by Gasteiger charge is -2.16. The van der Waals surface area contributed by atoms with Gasteiger partial charge in [-0.3, -0.25) is 0 Å². The molecule has 1 heteroatoms. The summed E-state index contributed by atoms with van der Waals surface area (Å²) in [5, 5.41) is 4.31. The molecule has 0 aromatic heterocycles. The number of hydrogen-bond acceptors (Lipinski definition) is 0. The predicted molar refractivity (Wildman–Crippen MR) is 122 cm³/mol. The van der Waals surface area contributed by atoms with Crippen molar-refractivity contribution in [1.29, 1.82) is 0 Å². The van der Waals surface area contributed by atoms with Crippen LogP contribution in [0.25, 0.3) is 23.3 Å². The largest absolute Gasteiger partial charge is 0.0775 e. The van der Waals surface area contributed by atoms with Gasteiger partial charge in [-0.15, -0.1) is 0 Å². The minimum atomic E-state index is -1.24. The van der Waals surface area contributed by atoms with Crippen LogP contribution >= 0.6 is 0 Å². The highest BCUT2D eigenvalue weighted by Gasteiger charge is 2.16. The van der Waals surface area contributed by atoms with Crippen molar-refractivity contribution < 1.29 is 0 Å². The fraction of sp³-hybridized carbons (Fsp3) is 0.385. The van der Waals surface area contributed by atoms with Crippen molar-refractivity contribution in [2.45, 2.75) is 58.2 Å². The molecule has 0 bridgehead atoms.